The highest BCUT2D eigenvalue weighted by Crippen LogP contribution is 2.40. The van der Waals surface area contributed by atoms with Crippen molar-refractivity contribution >= 4 is 22.7 Å². The van der Waals surface area contributed by atoms with Gasteiger partial charge in [0, 0.05) is 5.54 Å². The van der Waals surface area contributed by atoms with E-state index in [2.05, 4.69) is 67.7 Å². The van der Waals surface area contributed by atoms with Gasteiger partial charge in [0.1, 0.15) is 0 Å². The monoisotopic (exact) mass is 449 g/mol. The lowest BCUT2D eigenvalue weighted by molar-refractivity contribution is -0.0278. The van der Waals surface area contributed by atoms with Crippen molar-refractivity contribution in [2.45, 2.75) is 116 Å². The molecule has 0 radical (unpaired) electrons. The Morgan fingerprint density at radius 1 is 0.897 bits per heavy atom. The van der Waals surface area contributed by atoms with Crippen LogP contribution in [0, 0.1) is 0 Å². The van der Waals surface area contributed by atoms with E-state index in [4.69, 9.17) is 8.85 Å². The van der Waals surface area contributed by atoms with E-state index in [-0.39, 0.29) is 23.3 Å². The predicted octanol–water partition coefficient (Wildman–Crippen LogP) is 5.54. The standard InChI is InChI=1S/C21H47NO5Si2/c1-19(2,3)22(18(24)25)16(14-23)17(27-29(12,13)21(7,8)9)15-26-28(10,11)20(4,5)6/h16-17,23H,14-15H2,1-13H3,(H,24,25)/t16-,17+/m0/s1. The molecule has 6 nitrogen and oxygen atoms in total. The Labute approximate surface area is 181 Å². The average molecular weight is 450 g/mol. The van der Waals surface area contributed by atoms with Gasteiger partial charge in [-0.15, -0.1) is 0 Å². The van der Waals surface area contributed by atoms with Crippen LogP contribution in [0.1, 0.15) is 62.3 Å². The number of aliphatic hydroxyl groups excluding tert-OH is 1. The lowest BCUT2D eigenvalue weighted by Gasteiger charge is -2.47. The zero-order valence-corrected chi connectivity index (χ0v) is 23.1. The highest BCUT2D eigenvalue weighted by Gasteiger charge is 2.46. The Balaban J connectivity index is 6.09. The van der Waals surface area contributed by atoms with E-state index in [9.17, 15) is 15.0 Å². The average Bonchev–Trinajstić information content (AvgIpc) is 2.44. The molecule has 2 N–H and O–H groups in total. The van der Waals surface area contributed by atoms with Crippen LogP contribution < -0.4 is 0 Å². The van der Waals surface area contributed by atoms with Gasteiger partial charge in [0.25, 0.3) is 0 Å². The summed E-state index contributed by atoms with van der Waals surface area (Å²) in [6.45, 7) is 27.1. The highest BCUT2D eigenvalue weighted by atomic mass is 28.4. The molecule has 0 unspecified atom stereocenters. The van der Waals surface area contributed by atoms with E-state index in [0.717, 1.165) is 0 Å². The molecule has 2 atom stereocenters. The SMILES string of the molecule is CC(C)(C)N(C(=O)O)[C@@H](CO)[C@@H](CO[Si](C)(C)C(C)(C)C)O[Si](C)(C)C(C)(C)C. The highest BCUT2D eigenvalue weighted by molar-refractivity contribution is 6.74. The van der Waals surface area contributed by atoms with Crippen molar-refractivity contribution in [2.75, 3.05) is 13.2 Å². The quantitative estimate of drug-likeness (QED) is 0.476. The lowest BCUT2D eigenvalue weighted by atomic mass is 10.0. The maximum Gasteiger partial charge on any atom is 0.408 e. The van der Waals surface area contributed by atoms with Crippen molar-refractivity contribution in [1.29, 1.82) is 0 Å². The fourth-order valence-electron chi connectivity index (χ4n) is 2.58. The van der Waals surface area contributed by atoms with Gasteiger partial charge >= 0.3 is 6.09 Å². The molecule has 0 fully saturated rings. The van der Waals surface area contributed by atoms with E-state index in [1.807, 2.05) is 20.8 Å². The molecule has 174 valence electrons. The summed E-state index contributed by atoms with van der Waals surface area (Å²) in [5.41, 5.74) is -0.675. The number of nitrogens with zero attached hydrogens (tertiary/aromatic N) is 1. The fraction of sp³-hybridized carbons (Fsp3) is 0.952. The van der Waals surface area contributed by atoms with Gasteiger partial charge in [-0.3, -0.25) is 4.90 Å². The summed E-state index contributed by atoms with van der Waals surface area (Å²) in [6.07, 6.45) is -1.60. The van der Waals surface area contributed by atoms with Crippen molar-refractivity contribution in [3.8, 4) is 0 Å². The Morgan fingerprint density at radius 2 is 1.31 bits per heavy atom. The van der Waals surface area contributed by atoms with Gasteiger partial charge in [-0.25, -0.2) is 4.79 Å². The van der Waals surface area contributed by atoms with Gasteiger partial charge in [0.05, 0.1) is 25.4 Å². The molecule has 8 heteroatoms. The first kappa shape index (κ1) is 28.6. The molecule has 0 heterocycles. The van der Waals surface area contributed by atoms with Crippen LogP contribution in [0.25, 0.3) is 0 Å². The van der Waals surface area contributed by atoms with E-state index in [0.29, 0.717) is 0 Å². The molecule has 1 amide bonds. The van der Waals surface area contributed by atoms with Crippen LogP contribution in [0.5, 0.6) is 0 Å². The third-order valence-corrected chi connectivity index (χ3v) is 15.5. The molecule has 0 aromatic carbocycles. The van der Waals surface area contributed by atoms with E-state index in [1.54, 1.807) is 0 Å². The minimum atomic E-state index is -2.22. The second-order valence-corrected chi connectivity index (χ2v) is 21.6. The number of carboxylic acid groups (broad SMARTS) is 1. The molecule has 0 aliphatic rings. The van der Waals surface area contributed by atoms with Crippen molar-refractivity contribution in [3.05, 3.63) is 0 Å². The van der Waals surface area contributed by atoms with Crippen LogP contribution >= 0.6 is 0 Å². The summed E-state index contributed by atoms with van der Waals surface area (Å²) >= 11 is 0. The molecule has 0 rings (SSSR count). The molecule has 0 aliphatic carbocycles. The Bertz CT molecular complexity index is 545. The zero-order chi connectivity index (χ0) is 23.6. The minimum absolute atomic E-state index is 0.0275. The van der Waals surface area contributed by atoms with Gasteiger partial charge < -0.3 is 19.1 Å². The molecule has 0 spiro atoms. The van der Waals surface area contributed by atoms with E-state index >= 15 is 0 Å². The van der Waals surface area contributed by atoms with Gasteiger partial charge in [-0.2, -0.15) is 0 Å². The van der Waals surface area contributed by atoms with E-state index < -0.39 is 40.4 Å². The third-order valence-electron chi connectivity index (χ3n) is 6.54. The van der Waals surface area contributed by atoms with Crippen molar-refractivity contribution in [1.82, 2.24) is 4.90 Å². The molecule has 29 heavy (non-hydrogen) atoms. The molecule has 0 aromatic heterocycles. The van der Waals surface area contributed by atoms with Crippen LogP contribution in [0.2, 0.25) is 36.3 Å². The number of amides is 1. The van der Waals surface area contributed by atoms with Crippen molar-refractivity contribution in [3.63, 3.8) is 0 Å². The summed E-state index contributed by atoms with van der Waals surface area (Å²) in [5, 5.41) is 20.2. The molecular formula is C21H47NO5Si2. The number of carbonyl (C=O) groups is 1. The molecule has 0 saturated heterocycles. The molecule has 0 bridgehead atoms. The summed E-state index contributed by atoms with van der Waals surface area (Å²) in [5.74, 6) is 0. The summed E-state index contributed by atoms with van der Waals surface area (Å²) in [4.78, 5) is 13.4. The van der Waals surface area contributed by atoms with Crippen molar-refractivity contribution < 1.29 is 23.9 Å². The fourth-order valence-corrected chi connectivity index (χ4v) is 4.93. The Hall–Kier alpha value is -0.416. The Kier molecular flexibility index (Phi) is 9.25. The van der Waals surface area contributed by atoms with Crippen molar-refractivity contribution in [2.24, 2.45) is 0 Å². The number of hydrogen-bond donors (Lipinski definition) is 2. The Morgan fingerprint density at radius 3 is 1.59 bits per heavy atom. The zero-order valence-electron chi connectivity index (χ0n) is 21.1. The van der Waals surface area contributed by atoms with Crippen LogP contribution in [-0.4, -0.2) is 68.7 Å². The van der Waals surface area contributed by atoms with Gasteiger partial charge in [-0.05, 0) is 57.0 Å². The predicted molar refractivity (Wildman–Crippen MR) is 126 cm³/mol. The van der Waals surface area contributed by atoms with E-state index in [1.165, 1.54) is 4.90 Å². The second-order valence-electron chi connectivity index (χ2n) is 12.1. The summed E-state index contributed by atoms with van der Waals surface area (Å²) in [7, 11) is -4.29. The third kappa shape index (κ3) is 7.65. The topological polar surface area (TPSA) is 79.2 Å². The maximum absolute atomic E-state index is 12.1. The number of aliphatic hydroxyl groups is 1. The number of hydrogen-bond acceptors (Lipinski definition) is 4. The molecule has 0 aliphatic heterocycles. The first-order valence-corrected chi connectivity index (χ1v) is 16.3. The second kappa shape index (κ2) is 9.38. The van der Waals surface area contributed by atoms with Crippen LogP contribution in [-0.2, 0) is 8.85 Å². The smallest absolute Gasteiger partial charge is 0.408 e. The normalized spacial score (nSPS) is 16.5. The first-order chi connectivity index (χ1) is 12.6. The summed E-state index contributed by atoms with van der Waals surface area (Å²) < 4.78 is 13.1. The van der Waals surface area contributed by atoms with Crippen LogP contribution in [0.3, 0.4) is 0 Å². The summed E-state index contributed by atoms with van der Waals surface area (Å²) in [6, 6.07) is -0.702. The van der Waals surface area contributed by atoms with Gasteiger partial charge in [0.15, 0.2) is 16.6 Å². The first-order valence-electron chi connectivity index (χ1n) is 10.5. The van der Waals surface area contributed by atoms with Crippen LogP contribution in [0.4, 0.5) is 4.79 Å². The lowest BCUT2D eigenvalue weighted by Crippen LogP contribution is -2.61. The van der Waals surface area contributed by atoms with Gasteiger partial charge in [-0.1, -0.05) is 41.5 Å². The molecule has 0 saturated carbocycles. The number of rotatable bonds is 8. The van der Waals surface area contributed by atoms with Gasteiger partial charge in [0.2, 0.25) is 0 Å². The van der Waals surface area contributed by atoms with Crippen LogP contribution in [0.15, 0.2) is 0 Å². The largest absolute Gasteiger partial charge is 0.465 e. The molecular weight excluding hydrogens is 402 g/mol. The molecule has 0 aromatic rings. The maximum atomic E-state index is 12.1. The minimum Gasteiger partial charge on any atom is -0.465 e.